The van der Waals surface area contributed by atoms with E-state index in [1.54, 1.807) is 11.3 Å². The van der Waals surface area contributed by atoms with Crippen LogP contribution in [0.4, 0.5) is 17.1 Å². The van der Waals surface area contributed by atoms with E-state index >= 15 is 0 Å². The van der Waals surface area contributed by atoms with Crippen LogP contribution in [-0.4, -0.2) is 4.98 Å². The van der Waals surface area contributed by atoms with Gasteiger partial charge in [-0.1, -0.05) is 110 Å². The van der Waals surface area contributed by atoms with Gasteiger partial charge in [-0.25, -0.2) is 4.98 Å². The number of para-hydroxylation sites is 1. The second-order valence-corrected chi connectivity index (χ2v) is 12.1. The van der Waals surface area contributed by atoms with Gasteiger partial charge in [-0.05, 0) is 101 Å². The fourth-order valence-electron chi connectivity index (χ4n) is 5.66. The molecule has 6 aromatic carbocycles. The van der Waals surface area contributed by atoms with Crippen LogP contribution in [0.3, 0.4) is 0 Å². The molecule has 0 bridgehead atoms. The molecule has 0 unspecified atom stereocenters. The Morgan fingerprint density at radius 1 is 0.533 bits per heavy atom. The number of hydrogen-bond donors (Lipinski definition) is 0. The molecule has 1 heterocycles. The van der Waals surface area contributed by atoms with Crippen molar-refractivity contribution in [1.82, 2.24) is 4.98 Å². The molecule has 0 fully saturated rings. The molecule has 7 aromatic rings. The zero-order valence-corrected chi connectivity index (χ0v) is 26.0. The summed E-state index contributed by atoms with van der Waals surface area (Å²) < 4.78 is 1.20. The lowest BCUT2D eigenvalue weighted by Crippen LogP contribution is -2.10. The van der Waals surface area contributed by atoms with Crippen molar-refractivity contribution in [2.75, 3.05) is 4.90 Å². The predicted octanol–water partition coefficient (Wildman–Crippen LogP) is 12.4. The lowest BCUT2D eigenvalue weighted by molar-refractivity contribution is 1.28. The fourth-order valence-corrected chi connectivity index (χ4v) is 6.64. The average Bonchev–Trinajstić information content (AvgIpc) is 3.54. The highest BCUT2D eigenvalue weighted by Crippen LogP contribution is 2.39. The Labute approximate surface area is 268 Å². The van der Waals surface area contributed by atoms with Crippen LogP contribution in [0.2, 0.25) is 0 Å². The number of fused-ring (bicyclic) bond motifs is 1. The van der Waals surface area contributed by atoms with E-state index in [9.17, 15) is 0 Å². The number of nitrogens with zero attached hydrogens (tertiary/aromatic N) is 2. The van der Waals surface area contributed by atoms with E-state index in [1.807, 2.05) is 18.2 Å². The highest BCUT2D eigenvalue weighted by Gasteiger charge is 2.15. The van der Waals surface area contributed by atoms with Crippen LogP contribution < -0.4 is 4.90 Å². The van der Waals surface area contributed by atoms with Crippen LogP contribution in [0.25, 0.3) is 55.2 Å². The molecule has 45 heavy (non-hydrogen) atoms. The lowest BCUT2D eigenvalue weighted by Gasteiger charge is -2.26. The first kappa shape index (κ1) is 28.3. The van der Waals surface area contributed by atoms with Gasteiger partial charge >= 0.3 is 0 Å². The molecule has 1 aromatic heterocycles. The Hall–Kier alpha value is -5.51. The van der Waals surface area contributed by atoms with E-state index in [2.05, 4.69) is 158 Å². The number of benzene rings is 6. The number of hydrogen-bond acceptors (Lipinski definition) is 3. The van der Waals surface area contributed by atoms with Crippen LogP contribution in [-0.2, 0) is 0 Å². The van der Waals surface area contributed by atoms with Gasteiger partial charge in [-0.3, -0.25) is 0 Å². The number of aryl methyl sites for hydroxylation is 1. The molecule has 2 nitrogen and oxygen atoms in total. The Bertz CT molecular complexity index is 2090. The van der Waals surface area contributed by atoms with Crippen LogP contribution >= 0.6 is 11.3 Å². The fraction of sp³-hybridized carbons (Fsp3) is 0.0238. The number of aromatic nitrogens is 1. The molecular formula is C42H32N2S. The molecule has 0 N–H and O–H groups in total. The Morgan fingerprint density at radius 3 is 1.58 bits per heavy atom. The second kappa shape index (κ2) is 12.2. The third kappa shape index (κ3) is 5.74. The summed E-state index contributed by atoms with van der Waals surface area (Å²) in [5.74, 6) is 0. The summed E-state index contributed by atoms with van der Waals surface area (Å²) in [6.45, 7) is 10.2. The maximum Gasteiger partial charge on any atom is 0.124 e. The van der Waals surface area contributed by atoms with E-state index in [0.29, 0.717) is 0 Å². The largest absolute Gasteiger partial charge is 0.310 e. The van der Waals surface area contributed by atoms with Crippen LogP contribution in [0.1, 0.15) is 16.7 Å². The van der Waals surface area contributed by atoms with Crippen LogP contribution in [0, 0.1) is 6.92 Å². The third-order valence-corrected chi connectivity index (χ3v) is 9.25. The van der Waals surface area contributed by atoms with Gasteiger partial charge in [0.2, 0.25) is 0 Å². The summed E-state index contributed by atoms with van der Waals surface area (Å²) in [6.07, 6.45) is 3.76. The molecule has 7 rings (SSSR count). The normalized spacial score (nSPS) is 11.0. The quantitative estimate of drug-likeness (QED) is 0.173. The van der Waals surface area contributed by atoms with Crippen molar-refractivity contribution in [3.05, 3.63) is 169 Å². The van der Waals surface area contributed by atoms with E-state index < -0.39 is 0 Å². The van der Waals surface area contributed by atoms with Gasteiger partial charge in [0.25, 0.3) is 0 Å². The number of rotatable bonds is 8. The monoisotopic (exact) mass is 596 g/mol. The van der Waals surface area contributed by atoms with E-state index in [4.69, 9.17) is 4.98 Å². The summed E-state index contributed by atoms with van der Waals surface area (Å²) in [6, 6.07) is 49.6. The molecule has 3 heteroatoms. The summed E-state index contributed by atoms with van der Waals surface area (Å²) in [4.78, 5) is 7.15. The first-order chi connectivity index (χ1) is 22.1. The van der Waals surface area contributed by atoms with Crippen LogP contribution in [0.15, 0.2) is 153 Å². The maximum atomic E-state index is 4.86. The van der Waals surface area contributed by atoms with Crippen molar-refractivity contribution in [2.45, 2.75) is 6.92 Å². The minimum Gasteiger partial charge on any atom is -0.310 e. The second-order valence-electron chi connectivity index (χ2n) is 11.1. The lowest BCUT2D eigenvalue weighted by atomic mass is 9.99. The van der Waals surface area contributed by atoms with Crippen molar-refractivity contribution in [2.24, 2.45) is 0 Å². The van der Waals surface area contributed by atoms with Crippen molar-refractivity contribution < 1.29 is 0 Å². The Morgan fingerprint density at radius 2 is 1.02 bits per heavy atom. The molecule has 0 aliphatic heterocycles. The van der Waals surface area contributed by atoms with Gasteiger partial charge in [0.05, 0.1) is 10.2 Å². The molecule has 0 spiro atoms. The first-order valence-corrected chi connectivity index (χ1v) is 15.8. The average molecular weight is 597 g/mol. The Kier molecular flexibility index (Phi) is 7.69. The molecule has 0 atom stereocenters. The molecule has 0 aliphatic carbocycles. The van der Waals surface area contributed by atoms with Crippen molar-refractivity contribution in [3.63, 3.8) is 0 Å². The maximum absolute atomic E-state index is 4.86. The Balaban J connectivity index is 1.23. The van der Waals surface area contributed by atoms with Gasteiger partial charge in [-0.15, -0.1) is 11.3 Å². The standard InChI is InChI=1S/C42H32N2S/c1-4-30-18-27-39(28-31(30)5-2)44(38-25-21-36(22-26-38)42-43-40-8-6-7-9-41(40)45-42)37-23-19-35(20-24-37)34-16-14-33(15-17-34)32-12-10-29(3)11-13-32/h4-28H,1-2H2,3H3. The molecule has 0 saturated heterocycles. The minimum atomic E-state index is 1.02. The highest BCUT2D eigenvalue weighted by molar-refractivity contribution is 7.21. The zero-order chi connectivity index (χ0) is 30.8. The molecule has 0 aliphatic rings. The summed E-state index contributed by atoms with van der Waals surface area (Å²) >= 11 is 1.72. The van der Waals surface area contributed by atoms with Crippen molar-refractivity contribution >= 4 is 50.8 Å². The third-order valence-electron chi connectivity index (χ3n) is 8.16. The molecule has 0 saturated carbocycles. The van der Waals surface area contributed by atoms with Crippen molar-refractivity contribution in [3.8, 4) is 32.8 Å². The topological polar surface area (TPSA) is 16.1 Å². The van der Waals surface area contributed by atoms with E-state index in [-0.39, 0.29) is 0 Å². The van der Waals surface area contributed by atoms with Gasteiger partial charge < -0.3 is 4.90 Å². The summed E-state index contributed by atoms with van der Waals surface area (Å²) in [5, 5.41) is 1.02. The van der Waals surface area contributed by atoms with Gasteiger partial charge in [0.15, 0.2) is 0 Å². The van der Waals surface area contributed by atoms with Gasteiger partial charge in [0.1, 0.15) is 5.01 Å². The van der Waals surface area contributed by atoms with E-state index in [1.165, 1.54) is 32.5 Å². The predicted molar refractivity (Wildman–Crippen MR) is 196 cm³/mol. The zero-order valence-electron chi connectivity index (χ0n) is 25.2. The summed E-state index contributed by atoms with van der Waals surface area (Å²) in [5.41, 5.74) is 13.5. The van der Waals surface area contributed by atoms with E-state index in [0.717, 1.165) is 44.3 Å². The first-order valence-electron chi connectivity index (χ1n) is 15.0. The van der Waals surface area contributed by atoms with Crippen LogP contribution in [0.5, 0.6) is 0 Å². The smallest absolute Gasteiger partial charge is 0.124 e. The summed E-state index contributed by atoms with van der Waals surface area (Å²) in [7, 11) is 0. The van der Waals surface area contributed by atoms with Gasteiger partial charge in [0, 0.05) is 22.6 Å². The number of anilines is 3. The minimum absolute atomic E-state index is 1.02. The molecule has 0 radical (unpaired) electrons. The SMILES string of the molecule is C=Cc1ccc(N(c2ccc(-c3ccc(-c4ccc(C)cc4)cc3)cc2)c2ccc(-c3nc4ccccc4s3)cc2)cc1C=C. The molecular weight excluding hydrogens is 565 g/mol. The number of thiazole rings is 1. The molecule has 0 amide bonds. The van der Waals surface area contributed by atoms with Gasteiger partial charge in [-0.2, -0.15) is 0 Å². The van der Waals surface area contributed by atoms with Crippen molar-refractivity contribution in [1.29, 1.82) is 0 Å². The highest BCUT2D eigenvalue weighted by atomic mass is 32.1. The molecule has 216 valence electrons.